The summed E-state index contributed by atoms with van der Waals surface area (Å²) in [6.45, 7) is 3.72. The topological polar surface area (TPSA) is 62.5 Å². The highest BCUT2D eigenvalue weighted by Gasteiger charge is 2.28. The highest BCUT2D eigenvalue weighted by atomic mass is 16.1. The fraction of sp³-hybridized carbons (Fsp3) is 0.435. The normalized spacial score (nSPS) is 17.3. The van der Waals surface area contributed by atoms with Gasteiger partial charge in [-0.15, -0.1) is 0 Å². The second kappa shape index (κ2) is 7.50. The molecular formula is C23H27N5O. The van der Waals surface area contributed by atoms with Crippen molar-refractivity contribution in [1.82, 2.24) is 14.6 Å². The third-order valence-corrected chi connectivity index (χ3v) is 6.37. The summed E-state index contributed by atoms with van der Waals surface area (Å²) in [6, 6.07) is 7.95. The van der Waals surface area contributed by atoms with E-state index < -0.39 is 0 Å². The average Bonchev–Trinajstić information content (AvgIpc) is 3.14. The van der Waals surface area contributed by atoms with E-state index in [4.69, 9.17) is 10.1 Å². The van der Waals surface area contributed by atoms with Crippen molar-refractivity contribution in [3.8, 4) is 0 Å². The Balaban J connectivity index is 1.32. The van der Waals surface area contributed by atoms with Crippen molar-refractivity contribution in [2.45, 2.75) is 45.4 Å². The first-order chi connectivity index (χ1) is 14.2. The van der Waals surface area contributed by atoms with Crippen LogP contribution in [0.25, 0.3) is 5.52 Å². The van der Waals surface area contributed by atoms with E-state index in [1.165, 1.54) is 29.6 Å². The van der Waals surface area contributed by atoms with Crippen LogP contribution in [0.3, 0.4) is 0 Å². The molecule has 5 rings (SSSR count). The molecule has 0 saturated carbocycles. The lowest BCUT2D eigenvalue weighted by atomic mass is 9.94. The second-order valence-corrected chi connectivity index (χ2v) is 8.24. The maximum absolute atomic E-state index is 12.8. The molecule has 150 valence electrons. The molecule has 0 radical (unpaired) electrons. The third-order valence-electron chi connectivity index (χ3n) is 6.37. The van der Waals surface area contributed by atoms with Crippen LogP contribution in [-0.4, -0.2) is 33.6 Å². The minimum absolute atomic E-state index is 0.0458. The monoisotopic (exact) mass is 389 g/mol. The van der Waals surface area contributed by atoms with E-state index >= 15 is 0 Å². The number of carbonyl (C=O) groups excluding carboxylic acids is 1. The van der Waals surface area contributed by atoms with E-state index in [0.29, 0.717) is 0 Å². The van der Waals surface area contributed by atoms with E-state index in [1.54, 1.807) is 0 Å². The number of aryl methyl sites for hydroxylation is 3. The van der Waals surface area contributed by atoms with Crippen molar-refractivity contribution >= 4 is 22.9 Å². The molecule has 1 aliphatic heterocycles. The number of aromatic nitrogens is 3. The first-order valence-corrected chi connectivity index (χ1v) is 10.7. The molecule has 6 nitrogen and oxygen atoms in total. The van der Waals surface area contributed by atoms with Crippen LogP contribution in [0.15, 0.2) is 36.7 Å². The Labute approximate surface area is 170 Å². The fourth-order valence-electron chi connectivity index (χ4n) is 4.68. The predicted molar refractivity (Wildman–Crippen MR) is 114 cm³/mol. The molecule has 0 atom stereocenters. The molecule has 2 aliphatic rings. The number of piperidine rings is 1. The molecule has 3 heterocycles. The van der Waals surface area contributed by atoms with E-state index in [0.717, 1.165) is 55.8 Å². The summed E-state index contributed by atoms with van der Waals surface area (Å²) in [5.41, 5.74) is 5.79. The number of fused-ring (bicyclic) bond motifs is 3. The third kappa shape index (κ3) is 3.37. The Kier molecular flexibility index (Phi) is 4.70. The van der Waals surface area contributed by atoms with Gasteiger partial charge in [0.25, 0.3) is 0 Å². The van der Waals surface area contributed by atoms with Gasteiger partial charge in [0.05, 0.1) is 5.69 Å². The van der Waals surface area contributed by atoms with Gasteiger partial charge in [0.15, 0.2) is 5.82 Å². The molecule has 0 unspecified atom stereocenters. The average molecular weight is 390 g/mol. The number of nitrogens with zero attached hydrogens (tertiary/aromatic N) is 4. The van der Waals surface area contributed by atoms with Gasteiger partial charge in [-0.3, -0.25) is 4.79 Å². The van der Waals surface area contributed by atoms with Gasteiger partial charge in [-0.05, 0) is 57.1 Å². The number of carbonyl (C=O) groups is 1. The summed E-state index contributed by atoms with van der Waals surface area (Å²) in [5.74, 6) is 1.21. The number of hydrogen-bond donors (Lipinski definition) is 1. The molecule has 1 aliphatic carbocycles. The van der Waals surface area contributed by atoms with Crippen molar-refractivity contribution in [1.29, 1.82) is 0 Å². The Hall–Kier alpha value is -2.89. The Bertz CT molecular complexity index is 1050. The van der Waals surface area contributed by atoms with Gasteiger partial charge in [0.2, 0.25) is 5.91 Å². The Morgan fingerprint density at radius 3 is 2.76 bits per heavy atom. The Morgan fingerprint density at radius 1 is 1.14 bits per heavy atom. The molecule has 1 fully saturated rings. The first-order valence-electron chi connectivity index (χ1n) is 10.7. The molecule has 1 N–H and O–H groups in total. The molecule has 0 bridgehead atoms. The molecule has 3 aromatic rings. The zero-order valence-electron chi connectivity index (χ0n) is 16.9. The zero-order valence-corrected chi connectivity index (χ0v) is 16.9. The van der Waals surface area contributed by atoms with Crippen molar-refractivity contribution in [2.75, 3.05) is 23.3 Å². The summed E-state index contributed by atoms with van der Waals surface area (Å²) in [6.07, 6.45) is 10.1. The minimum Gasteiger partial charge on any atom is -0.355 e. The van der Waals surface area contributed by atoms with Crippen molar-refractivity contribution < 1.29 is 4.79 Å². The molecule has 2 aromatic heterocycles. The number of benzene rings is 1. The van der Waals surface area contributed by atoms with Gasteiger partial charge in [0, 0.05) is 42.7 Å². The largest absolute Gasteiger partial charge is 0.355 e. The lowest BCUT2D eigenvalue weighted by molar-refractivity contribution is -0.120. The summed E-state index contributed by atoms with van der Waals surface area (Å²) >= 11 is 0. The van der Waals surface area contributed by atoms with Crippen LogP contribution in [0.1, 0.15) is 42.5 Å². The van der Waals surface area contributed by atoms with E-state index in [9.17, 15) is 4.79 Å². The smallest absolute Gasteiger partial charge is 0.227 e. The number of hydrogen-bond acceptors (Lipinski definition) is 4. The van der Waals surface area contributed by atoms with Gasteiger partial charge in [-0.1, -0.05) is 18.2 Å². The quantitative estimate of drug-likeness (QED) is 0.741. The maximum Gasteiger partial charge on any atom is 0.227 e. The van der Waals surface area contributed by atoms with Crippen LogP contribution in [0.4, 0.5) is 11.5 Å². The summed E-state index contributed by atoms with van der Waals surface area (Å²) in [4.78, 5) is 19.8. The number of anilines is 2. The number of amides is 1. The lowest BCUT2D eigenvalue weighted by Gasteiger charge is -2.32. The van der Waals surface area contributed by atoms with Gasteiger partial charge < -0.3 is 10.2 Å². The highest BCUT2D eigenvalue weighted by molar-refractivity contribution is 5.93. The van der Waals surface area contributed by atoms with Gasteiger partial charge in [0.1, 0.15) is 5.52 Å². The van der Waals surface area contributed by atoms with Gasteiger partial charge in [-0.2, -0.15) is 5.10 Å². The molecule has 29 heavy (non-hydrogen) atoms. The van der Waals surface area contributed by atoms with Crippen LogP contribution in [-0.2, 0) is 17.6 Å². The molecular weight excluding hydrogens is 362 g/mol. The fourth-order valence-corrected chi connectivity index (χ4v) is 4.68. The molecule has 6 heteroatoms. The predicted octanol–water partition coefficient (Wildman–Crippen LogP) is 3.77. The zero-order chi connectivity index (χ0) is 19.8. The standard InChI is InChI=1S/C23H27N5O/c1-16-6-2-4-8-19(16)25-23(29)17-10-13-27(14-11-17)22-21-18-7-3-5-9-20(18)26-28(21)15-12-24-22/h2,4,6,8,12,15,17H,3,5,7,9-11,13-14H2,1H3,(H,25,29). The summed E-state index contributed by atoms with van der Waals surface area (Å²) in [7, 11) is 0. The SMILES string of the molecule is Cc1ccccc1NC(=O)C1CCN(c2nccn3nc4c(c23)CCCC4)CC1. The molecule has 1 aromatic carbocycles. The first kappa shape index (κ1) is 18.2. The van der Waals surface area contributed by atoms with Gasteiger partial charge in [-0.25, -0.2) is 9.50 Å². The summed E-state index contributed by atoms with van der Waals surface area (Å²) < 4.78 is 2.01. The number of para-hydroxylation sites is 1. The van der Waals surface area contributed by atoms with Crippen molar-refractivity contribution in [2.24, 2.45) is 5.92 Å². The lowest BCUT2D eigenvalue weighted by Crippen LogP contribution is -2.39. The van der Waals surface area contributed by atoms with Crippen LogP contribution in [0, 0.1) is 12.8 Å². The second-order valence-electron chi connectivity index (χ2n) is 8.24. The van der Waals surface area contributed by atoms with E-state index in [2.05, 4.69) is 10.2 Å². The highest BCUT2D eigenvalue weighted by Crippen LogP contribution is 2.32. The number of nitrogens with one attached hydrogen (secondary N) is 1. The molecule has 1 saturated heterocycles. The van der Waals surface area contributed by atoms with E-state index in [1.807, 2.05) is 48.1 Å². The van der Waals surface area contributed by atoms with Crippen molar-refractivity contribution in [3.05, 3.63) is 53.5 Å². The molecule has 0 spiro atoms. The van der Waals surface area contributed by atoms with Crippen LogP contribution in [0.2, 0.25) is 0 Å². The maximum atomic E-state index is 12.8. The van der Waals surface area contributed by atoms with Crippen LogP contribution in [0.5, 0.6) is 0 Å². The minimum atomic E-state index is 0.0458. The van der Waals surface area contributed by atoms with Crippen LogP contribution >= 0.6 is 0 Å². The van der Waals surface area contributed by atoms with Crippen LogP contribution < -0.4 is 10.2 Å². The van der Waals surface area contributed by atoms with Gasteiger partial charge >= 0.3 is 0 Å². The molecule has 1 amide bonds. The Morgan fingerprint density at radius 2 is 1.93 bits per heavy atom. The summed E-state index contributed by atoms with van der Waals surface area (Å²) in [5, 5.41) is 7.91. The van der Waals surface area contributed by atoms with E-state index in [-0.39, 0.29) is 11.8 Å². The number of rotatable bonds is 3. The van der Waals surface area contributed by atoms with Crippen molar-refractivity contribution in [3.63, 3.8) is 0 Å².